The fourth-order valence-electron chi connectivity index (χ4n) is 6.33. The summed E-state index contributed by atoms with van der Waals surface area (Å²) < 4.78 is 5.68. The highest BCUT2D eigenvalue weighted by Gasteiger charge is 2.41. The zero-order valence-corrected chi connectivity index (χ0v) is 26.8. The van der Waals surface area contributed by atoms with E-state index in [2.05, 4.69) is 106 Å². The minimum Gasteiger partial charge on any atom is -0.507 e. The Balaban J connectivity index is 1.64. The van der Waals surface area contributed by atoms with Crippen molar-refractivity contribution in [2.75, 3.05) is 7.11 Å². The van der Waals surface area contributed by atoms with Crippen molar-refractivity contribution in [2.45, 2.75) is 31.6 Å². The molecule has 0 aromatic heterocycles. The topological polar surface area (TPSA) is 41.8 Å². The molecule has 6 rings (SSSR count). The molecule has 0 radical (unpaired) electrons. The van der Waals surface area contributed by atoms with Gasteiger partial charge < -0.3 is 9.84 Å². The number of hydrogen-bond donors (Lipinski definition) is 1. The molecule has 3 nitrogen and oxygen atoms in total. The molecule has 0 saturated carbocycles. The van der Waals surface area contributed by atoms with Crippen molar-refractivity contribution < 1.29 is 9.84 Å². The van der Waals surface area contributed by atoms with E-state index in [1.165, 1.54) is 0 Å². The Morgan fingerprint density at radius 2 is 1.04 bits per heavy atom. The van der Waals surface area contributed by atoms with Gasteiger partial charge in [0.05, 0.1) is 18.2 Å². The van der Waals surface area contributed by atoms with E-state index in [0.717, 1.165) is 50.4 Å². The number of phenolic OH excluding ortho intramolecular Hbond substituents is 1. The minimum atomic E-state index is -0.799. The summed E-state index contributed by atoms with van der Waals surface area (Å²) in [6.45, 7) is 6.61. The summed E-state index contributed by atoms with van der Waals surface area (Å²) in [6, 6.07) is 51.7. The summed E-state index contributed by atoms with van der Waals surface area (Å²) in [7, 11) is 1.68. The molecule has 1 N–H and O–H groups in total. The van der Waals surface area contributed by atoms with Crippen LogP contribution in [0.25, 0.3) is 11.1 Å². The Bertz CT molecular complexity index is 1860. The van der Waals surface area contributed by atoms with Gasteiger partial charge in [0, 0.05) is 28.5 Å². The molecule has 0 bridgehead atoms. The number of aliphatic imine (C=N–C) groups is 1. The van der Waals surface area contributed by atoms with Gasteiger partial charge in [-0.2, -0.15) is 0 Å². The van der Waals surface area contributed by atoms with Crippen LogP contribution in [0.3, 0.4) is 0 Å². The second-order valence-corrected chi connectivity index (χ2v) is 12.5. The molecular weight excluding hydrogens is 562 g/mol. The van der Waals surface area contributed by atoms with Crippen LogP contribution in [0.2, 0.25) is 0 Å². The van der Waals surface area contributed by atoms with Crippen molar-refractivity contribution >= 4 is 11.9 Å². The van der Waals surface area contributed by atoms with Gasteiger partial charge in [0.2, 0.25) is 0 Å². The van der Waals surface area contributed by atoms with E-state index in [0.29, 0.717) is 5.56 Å². The van der Waals surface area contributed by atoms with Crippen molar-refractivity contribution in [3.8, 4) is 22.6 Å². The predicted octanol–water partition coefficient (Wildman–Crippen LogP) is 10.5. The first-order valence-electron chi connectivity index (χ1n) is 15.6. The number of aromatic hydroxyl groups is 1. The van der Waals surface area contributed by atoms with Gasteiger partial charge in [-0.3, -0.25) is 4.99 Å². The summed E-state index contributed by atoms with van der Waals surface area (Å²) in [5.41, 5.74) is 7.48. The van der Waals surface area contributed by atoms with Crippen LogP contribution in [-0.2, 0) is 10.8 Å². The summed E-state index contributed by atoms with van der Waals surface area (Å²) >= 11 is 0. The third-order valence-corrected chi connectivity index (χ3v) is 8.67. The summed E-state index contributed by atoms with van der Waals surface area (Å²) in [4.78, 5) is 5.01. The van der Waals surface area contributed by atoms with Crippen LogP contribution in [0.1, 0.15) is 54.2 Å². The van der Waals surface area contributed by atoms with E-state index in [-0.39, 0.29) is 11.2 Å². The Morgan fingerprint density at radius 1 is 0.565 bits per heavy atom. The van der Waals surface area contributed by atoms with Crippen molar-refractivity contribution in [1.29, 1.82) is 0 Å². The highest BCUT2D eigenvalue weighted by Crippen LogP contribution is 2.50. The summed E-state index contributed by atoms with van der Waals surface area (Å²) in [5.74, 6) is 0.978. The zero-order chi connectivity index (χ0) is 32.1. The quantitative estimate of drug-likeness (QED) is 0.139. The smallest absolute Gasteiger partial charge is 0.129 e. The number of benzene rings is 6. The van der Waals surface area contributed by atoms with Crippen LogP contribution >= 0.6 is 0 Å². The number of phenols is 1. The molecule has 0 aliphatic carbocycles. The molecule has 0 unspecified atom stereocenters. The standard InChI is InChI=1S/C43H39NO2/c1-42(2,3)35-28-31(30-44-39-26-16-14-24-36(39)37-25-15-17-27-40(37)46-4)41(45)38(29-35)43(32-18-8-5-9-19-32,33-20-10-6-11-21-33)34-22-12-7-13-23-34/h5-30,45H,1-4H3. The molecular formula is C43H39NO2. The molecule has 6 aromatic carbocycles. The first-order chi connectivity index (χ1) is 22.3. The lowest BCUT2D eigenvalue weighted by Gasteiger charge is -2.38. The molecule has 0 spiro atoms. The molecule has 0 aliphatic heterocycles. The predicted molar refractivity (Wildman–Crippen MR) is 191 cm³/mol. The van der Waals surface area contributed by atoms with E-state index < -0.39 is 5.41 Å². The molecule has 0 fully saturated rings. The minimum absolute atomic E-state index is 0.197. The van der Waals surface area contributed by atoms with Crippen molar-refractivity contribution in [1.82, 2.24) is 0 Å². The average molecular weight is 602 g/mol. The van der Waals surface area contributed by atoms with Gasteiger partial charge in [-0.1, -0.05) is 148 Å². The molecule has 0 atom stereocenters. The molecule has 0 amide bonds. The maximum atomic E-state index is 12.4. The third-order valence-electron chi connectivity index (χ3n) is 8.67. The maximum absolute atomic E-state index is 12.4. The van der Waals surface area contributed by atoms with Crippen LogP contribution < -0.4 is 4.74 Å². The number of ether oxygens (including phenoxy) is 1. The van der Waals surface area contributed by atoms with Crippen molar-refractivity contribution in [3.63, 3.8) is 0 Å². The number of para-hydroxylation sites is 2. The summed E-state index contributed by atoms with van der Waals surface area (Å²) in [6.07, 6.45) is 1.80. The van der Waals surface area contributed by atoms with E-state index in [1.807, 2.05) is 66.7 Å². The van der Waals surface area contributed by atoms with E-state index in [9.17, 15) is 5.11 Å². The first kappa shape index (κ1) is 30.6. The first-order valence-corrected chi connectivity index (χ1v) is 15.6. The Hall–Kier alpha value is -5.41. The van der Waals surface area contributed by atoms with Crippen LogP contribution in [0.4, 0.5) is 5.69 Å². The van der Waals surface area contributed by atoms with Gasteiger partial charge in [-0.05, 0) is 51.9 Å². The van der Waals surface area contributed by atoms with E-state index in [1.54, 1.807) is 13.3 Å². The third kappa shape index (κ3) is 5.73. The lowest BCUT2D eigenvalue weighted by molar-refractivity contribution is 0.416. The molecule has 0 heterocycles. The lowest BCUT2D eigenvalue weighted by atomic mass is 9.64. The average Bonchev–Trinajstić information content (AvgIpc) is 3.10. The lowest BCUT2D eigenvalue weighted by Crippen LogP contribution is -2.32. The SMILES string of the molecule is COc1ccccc1-c1ccccc1N=Cc1cc(C(C)(C)C)cc(C(c2ccccc2)(c2ccccc2)c2ccccc2)c1O. The molecule has 46 heavy (non-hydrogen) atoms. The van der Waals surface area contributed by atoms with Gasteiger partial charge in [0.1, 0.15) is 11.5 Å². The van der Waals surface area contributed by atoms with Crippen molar-refractivity contribution in [2.24, 2.45) is 4.99 Å². The highest BCUT2D eigenvalue weighted by molar-refractivity contribution is 5.90. The number of rotatable bonds is 8. The molecule has 228 valence electrons. The van der Waals surface area contributed by atoms with Gasteiger partial charge in [0.15, 0.2) is 0 Å². The van der Waals surface area contributed by atoms with Gasteiger partial charge in [-0.15, -0.1) is 0 Å². The summed E-state index contributed by atoms with van der Waals surface area (Å²) in [5, 5.41) is 12.4. The second-order valence-electron chi connectivity index (χ2n) is 12.5. The highest BCUT2D eigenvalue weighted by atomic mass is 16.5. The fourth-order valence-corrected chi connectivity index (χ4v) is 6.33. The van der Waals surface area contributed by atoms with Crippen LogP contribution in [-0.4, -0.2) is 18.4 Å². The molecule has 0 aliphatic rings. The van der Waals surface area contributed by atoms with Crippen molar-refractivity contribution in [3.05, 3.63) is 185 Å². The van der Waals surface area contributed by atoms with Gasteiger partial charge >= 0.3 is 0 Å². The van der Waals surface area contributed by atoms with Crippen LogP contribution in [0.5, 0.6) is 11.5 Å². The number of methoxy groups -OCH3 is 1. The Kier molecular flexibility index (Phi) is 8.59. The molecule has 6 aromatic rings. The largest absolute Gasteiger partial charge is 0.507 e. The second kappa shape index (κ2) is 12.9. The van der Waals surface area contributed by atoms with Crippen LogP contribution in [0.15, 0.2) is 157 Å². The van der Waals surface area contributed by atoms with Crippen LogP contribution in [0, 0.1) is 0 Å². The molecule has 0 saturated heterocycles. The monoisotopic (exact) mass is 601 g/mol. The Morgan fingerprint density at radius 3 is 1.57 bits per heavy atom. The zero-order valence-electron chi connectivity index (χ0n) is 26.8. The maximum Gasteiger partial charge on any atom is 0.129 e. The van der Waals surface area contributed by atoms with E-state index in [4.69, 9.17) is 9.73 Å². The number of nitrogens with zero attached hydrogens (tertiary/aromatic N) is 1. The van der Waals surface area contributed by atoms with Gasteiger partial charge in [0.25, 0.3) is 0 Å². The normalized spacial score (nSPS) is 11.9. The molecule has 3 heteroatoms. The Labute approximate surface area is 272 Å². The van der Waals surface area contributed by atoms with Gasteiger partial charge in [-0.25, -0.2) is 0 Å². The van der Waals surface area contributed by atoms with E-state index >= 15 is 0 Å². The fraction of sp³-hybridized carbons (Fsp3) is 0.140. The number of hydrogen-bond acceptors (Lipinski definition) is 3.